The van der Waals surface area contributed by atoms with Crippen LogP contribution in [0.2, 0.25) is 0 Å². The number of carbonyl (C=O) groups excluding carboxylic acids is 1. The SMILES string of the molecule is COCC(Cl)CNC(=O)c1ccc(OC)cc1F. The number of methoxy groups -OCH3 is 2. The summed E-state index contributed by atoms with van der Waals surface area (Å²) >= 11 is 5.85. The van der Waals surface area contributed by atoms with Gasteiger partial charge < -0.3 is 14.8 Å². The van der Waals surface area contributed by atoms with Gasteiger partial charge in [0.1, 0.15) is 11.6 Å². The maximum Gasteiger partial charge on any atom is 0.254 e. The fraction of sp³-hybridized carbons (Fsp3) is 0.417. The minimum absolute atomic E-state index is 0.0444. The molecule has 1 atom stereocenters. The summed E-state index contributed by atoms with van der Waals surface area (Å²) < 4.78 is 23.2. The van der Waals surface area contributed by atoms with Crippen LogP contribution < -0.4 is 10.1 Å². The number of carbonyl (C=O) groups is 1. The van der Waals surface area contributed by atoms with Gasteiger partial charge in [0.25, 0.3) is 5.91 Å². The molecule has 0 aliphatic rings. The maximum atomic E-state index is 13.6. The van der Waals surface area contributed by atoms with Crippen LogP contribution in [-0.2, 0) is 4.74 Å². The molecule has 1 unspecified atom stereocenters. The highest BCUT2D eigenvalue weighted by Crippen LogP contribution is 2.16. The highest BCUT2D eigenvalue weighted by atomic mass is 35.5. The first-order valence-corrected chi connectivity index (χ1v) is 5.77. The Morgan fingerprint density at radius 3 is 2.78 bits per heavy atom. The van der Waals surface area contributed by atoms with Crippen molar-refractivity contribution in [2.45, 2.75) is 5.38 Å². The summed E-state index contributed by atoms with van der Waals surface area (Å²) in [6.45, 7) is 0.520. The summed E-state index contributed by atoms with van der Waals surface area (Å²) in [7, 11) is 2.94. The molecule has 1 N–H and O–H groups in total. The number of rotatable bonds is 6. The van der Waals surface area contributed by atoms with Crippen LogP contribution in [0.15, 0.2) is 18.2 Å². The van der Waals surface area contributed by atoms with Crippen molar-refractivity contribution in [3.63, 3.8) is 0 Å². The Balaban J connectivity index is 2.61. The summed E-state index contributed by atoms with van der Waals surface area (Å²) in [6.07, 6.45) is 0. The van der Waals surface area contributed by atoms with Crippen molar-refractivity contribution in [2.75, 3.05) is 27.4 Å². The van der Waals surface area contributed by atoms with Crippen LogP contribution in [0, 0.1) is 5.82 Å². The number of benzene rings is 1. The molecule has 1 amide bonds. The first-order valence-electron chi connectivity index (χ1n) is 5.33. The number of hydrogen-bond acceptors (Lipinski definition) is 3. The number of halogens is 2. The van der Waals surface area contributed by atoms with E-state index in [0.717, 1.165) is 6.07 Å². The summed E-state index contributed by atoms with van der Waals surface area (Å²) in [5.74, 6) is -0.791. The standard InChI is InChI=1S/C12H15ClFNO3/c1-17-7-8(13)6-15-12(16)10-4-3-9(18-2)5-11(10)14/h3-5,8H,6-7H2,1-2H3,(H,15,16). The number of hydrogen-bond donors (Lipinski definition) is 1. The molecule has 0 aliphatic carbocycles. The van der Waals surface area contributed by atoms with Crippen molar-refractivity contribution in [1.29, 1.82) is 0 Å². The monoisotopic (exact) mass is 275 g/mol. The lowest BCUT2D eigenvalue weighted by Gasteiger charge is -2.10. The average Bonchev–Trinajstić information content (AvgIpc) is 2.36. The first-order chi connectivity index (χ1) is 8.58. The van der Waals surface area contributed by atoms with E-state index in [-0.39, 0.29) is 17.5 Å². The fourth-order valence-electron chi connectivity index (χ4n) is 1.35. The van der Waals surface area contributed by atoms with Gasteiger partial charge in [-0.15, -0.1) is 11.6 Å². The minimum Gasteiger partial charge on any atom is -0.497 e. The lowest BCUT2D eigenvalue weighted by Crippen LogP contribution is -2.32. The van der Waals surface area contributed by atoms with E-state index >= 15 is 0 Å². The Kier molecular flexibility index (Phi) is 5.88. The van der Waals surface area contributed by atoms with Crippen molar-refractivity contribution < 1.29 is 18.7 Å². The summed E-state index contributed by atoms with van der Waals surface area (Å²) in [6, 6.07) is 4.04. The number of amides is 1. The van der Waals surface area contributed by atoms with Crippen LogP contribution in [-0.4, -0.2) is 38.7 Å². The molecule has 18 heavy (non-hydrogen) atoms. The van der Waals surface area contributed by atoms with Crippen molar-refractivity contribution >= 4 is 17.5 Å². The van der Waals surface area contributed by atoms with Crippen molar-refractivity contribution in [2.24, 2.45) is 0 Å². The second-order valence-corrected chi connectivity index (χ2v) is 4.23. The van der Waals surface area contributed by atoms with Gasteiger partial charge in [-0.05, 0) is 12.1 Å². The van der Waals surface area contributed by atoms with Crippen LogP contribution in [0.5, 0.6) is 5.75 Å². The van der Waals surface area contributed by atoms with Gasteiger partial charge in [-0.25, -0.2) is 4.39 Å². The van der Waals surface area contributed by atoms with E-state index in [9.17, 15) is 9.18 Å². The van der Waals surface area contributed by atoms with E-state index in [1.165, 1.54) is 26.4 Å². The maximum absolute atomic E-state index is 13.6. The lowest BCUT2D eigenvalue weighted by atomic mass is 10.2. The Morgan fingerprint density at radius 1 is 1.50 bits per heavy atom. The second kappa shape index (κ2) is 7.18. The predicted molar refractivity (Wildman–Crippen MR) is 66.8 cm³/mol. The van der Waals surface area contributed by atoms with E-state index < -0.39 is 11.7 Å². The first kappa shape index (κ1) is 14.7. The summed E-state index contributed by atoms with van der Waals surface area (Å²) in [5, 5.41) is 2.18. The van der Waals surface area contributed by atoms with Crippen LogP contribution >= 0.6 is 11.6 Å². The molecular weight excluding hydrogens is 261 g/mol. The molecule has 0 fully saturated rings. The van der Waals surface area contributed by atoms with Gasteiger partial charge in [-0.3, -0.25) is 4.79 Å². The molecule has 0 radical (unpaired) electrons. The minimum atomic E-state index is -0.635. The molecule has 1 rings (SSSR count). The molecule has 1 aromatic rings. The third kappa shape index (κ3) is 4.16. The molecule has 0 spiro atoms. The quantitative estimate of drug-likeness (QED) is 0.806. The highest BCUT2D eigenvalue weighted by Gasteiger charge is 2.13. The highest BCUT2D eigenvalue weighted by molar-refractivity contribution is 6.21. The van der Waals surface area contributed by atoms with Gasteiger partial charge in [0.05, 0.1) is 24.7 Å². The zero-order chi connectivity index (χ0) is 13.5. The Hall–Kier alpha value is -1.33. The van der Waals surface area contributed by atoms with Crippen molar-refractivity contribution in [3.8, 4) is 5.75 Å². The Morgan fingerprint density at radius 2 is 2.22 bits per heavy atom. The molecule has 0 heterocycles. The summed E-state index contributed by atoms with van der Waals surface area (Å²) in [4.78, 5) is 11.7. The molecule has 0 saturated carbocycles. The molecule has 0 bridgehead atoms. The fourth-order valence-corrected chi connectivity index (χ4v) is 1.55. The number of nitrogens with one attached hydrogen (secondary N) is 1. The van der Waals surface area contributed by atoms with Gasteiger partial charge >= 0.3 is 0 Å². The molecule has 4 nitrogen and oxygen atoms in total. The van der Waals surface area contributed by atoms with E-state index in [1.807, 2.05) is 0 Å². The average molecular weight is 276 g/mol. The molecule has 0 aliphatic heterocycles. The second-order valence-electron chi connectivity index (χ2n) is 3.61. The van der Waals surface area contributed by atoms with Crippen molar-refractivity contribution in [3.05, 3.63) is 29.6 Å². The van der Waals surface area contributed by atoms with E-state index in [2.05, 4.69) is 5.32 Å². The van der Waals surface area contributed by atoms with Crippen LogP contribution in [0.1, 0.15) is 10.4 Å². The number of ether oxygens (including phenoxy) is 2. The molecular formula is C12H15ClFNO3. The predicted octanol–water partition coefficient (Wildman–Crippen LogP) is 1.82. The van der Waals surface area contributed by atoms with E-state index in [4.69, 9.17) is 21.1 Å². The molecule has 0 aromatic heterocycles. The topological polar surface area (TPSA) is 47.6 Å². The lowest BCUT2D eigenvalue weighted by molar-refractivity contribution is 0.0945. The summed E-state index contributed by atoms with van der Waals surface area (Å²) in [5.41, 5.74) is -0.0444. The number of alkyl halides is 1. The van der Waals surface area contributed by atoms with Crippen LogP contribution in [0.3, 0.4) is 0 Å². The zero-order valence-corrected chi connectivity index (χ0v) is 11.0. The van der Waals surface area contributed by atoms with Crippen molar-refractivity contribution in [1.82, 2.24) is 5.32 Å². The van der Waals surface area contributed by atoms with E-state index in [0.29, 0.717) is 12.4 Å². The zero-order valence-electron chi connectivity index (χ0n) is 10.2. The smallest absolute Gasteiger partial charge is 0.254 e. The third-order valence-corrected chi connectivity index (χ3v) is 2.53. The van der Waals surface area contributed by atoms with Gasteiger partial charge in [0.15, 0.2) is 0 Å². The molecule has 0 saturated heterocycles. The van der Waals surface area contributed by atoms with Gasteiger partial charge in [0.2, 0.25) is 0 Å². The molecule has 6 heteroatoms. The van der Waals surface area contributed by atoms with Gasteiger partial charge in [-0.2, -0.15) is 0 Å². The Bertz CT molecular complexity index is 414. The van der Waals surface area contributed by atoms with Crippen LogP contribution in [0.25, 0.3) is 0 Å². The molecule has 100 valence electrons. The molecule has 1 aromatic carbocycles. The Labute approximate surface area is 110 Å². The van der Waals surface area contributed by atoms with E-state index in [1.54, 1.807) is 0 Å². The van der Waals surface area contributed by atoms with Gasteiger partial charge in [-0.1, -0.05) is 0 Å². The third-order valence-electron chi connectivity index (χ3n) is 2.25. The normalized spacial score (nSPS) is 12.0. The van der Waals surface area contributed by atoms with Crippen LogP contribution in [0.4, 0.5) is 4.39 Å². The largest absolute Gasteiger partial charge is 0.497 e. The van der Waals surface area contributed by atoms with Gasteiger partial charge in [0, 0.05) is 19.7 Å².